The smallest absolute Gasteiger partial charge is 0.159 e. The van der Waals surface area contributed by atoms with Crippen LogP contribution in [0.25, 0.3) is 11.0 Å². The zero-order valence-electron chi connectivity index (χ0n) is 12.2. The summed E-state index contributed by atoms with van der Waals surface area (Å²) in [4.78, 5) is 23.5. The van der Waals surface area contributed by atoms with Crippen molar-refractivity contribution in [2.75, 3.05) is 5.32 Å². The highest BCUT2D eigenvalue weighted by molar-refractivity contribution is 5.95. The lowest BCUT2D eigenvalue weighted by Gasteiger charge is -2.08. The van der Waals surface area contributed by atoms with Crippen LogP contribution in [-0.2, 0) is 0 Å². The first-order valence-electron chi connectivity index (χ1n) is 6.75. The van der Waals surface area contributed by atoms with Crippen molar-refractivity contribution in [2.45, 2.75) is 20.8 Å². The number of aryl methyl sites for hydroxylation is 2. The zero-order valence-corrected chi connectivity index (χ0v) is 12.2. The SMILES string of the molecule is CC(=O)c1cccc(Nc2nc(C)nc3[nH]c(C)cc23)c1. The third-order valence-corrected chi connectivity index (χ3v) is 3.27. The molecule has 0 radical (unpaired) electrons. The molecule has 2 aromatic heterocycles. The van der Waals surface area contributed by atoms with E-state index in [1.54, 1.807) is 13.0 Å². The van der Waals surface area contributed by atoms with Gasteiger partial charge in [0.25, 0.3) is 0 Å². The molecule has 3 rings (SSSR count). The first-order valence-corrected chi connectivity index (χ1v) is 6.75. The molecule has 3 aromatic rings. The van der Waals surface area contributed by atoms with E-state index in [0.29, 0.717) is 11.4 Å². The summed E-state index contributed by atoms with van der Waals surface area (Å²) in [6.07, 6.45) is 0. The Labute approximate surface area is 122 Å². The van der Waals surface area contributed by atoms with Gasteiger partial charge < -0.3 is 10.3 Å². The van der Waals surface area contributed by atoms with Gasteiger partial charge >= 0.3 is 0 Å². The van der Waals surface area contributed by atoms with Crippen LogP contribution in [0.4, 0.5) is 11.5 Å². The van der Waals surface area contributed by atoms with Gasteiger partial charge in [-0.1, -0.05) is 12.1 Å². The van der Waals surface area contributed by atoms with Crippen molar-refractivity contribution in [1.29, 1.82) is 0 Å². The standard InChI is InChI=1S/C16H16N4O/c1-9-7-14-15(17-9)18-11(3)19-16(14)20-13-6-4-5-12(8-13)10(2)21/h4-8H,1-3H3,(H2,17,18,19,20). The van der Waals surface area contributed by atoms with Gasteiger partial charge in [-0.3, -0.25) is 4.79 Å². The van der Waals surface area contributed by atoms with Crippen molar-refractivity contribution in [3.63, 3.8) is 0 Å². The molecule has 0 atom stereocenters. The summed E-state index contributed by atoms with van der Waals surface area (Å²) in [5.41, 5.74) is 3.35. The lowest BCUT2D eigenvalue weighted by molar-refractivity contribution is 0.101. The molecule has 0 amide bonds. The number of nitrogens with zero attached hydrogens (tertiary/aromatic N) is 2. The Balaban J connectivity index is 2.05. The minimum Gasteiger partial charge on any atom is -0.343 e. The third-order valence-electron chi connectivity index (χ3n) is 3.27. The van der Waals surface area contributed by atoms with Crippen LogP contribution in [0.15, 0.2) is 30.3 Å². The predicted molar refractivity (Wildman–Crippen MR) is 83.1 cm³/mol. The van der Waals surface area contributed by atoms with Crippen molar-refractivity contribution in [1.82, 2.24) is 15.0 Å². The Hall–Kier alpha value is -2.69. The van der Waals surface area contributed by atoms with E-state index in [2.05, 4.69) is 20.3 Å². The molecule has 0 saturated heterocycles. The zero-order chi connectivity index (χ0) is 15.0. The first-order chi connectivity index (χ1) is 10.0. The molecular weight excluding hydrogens is 264 g/mol. The molecule has 0 aliphatic heterocycles. The maximum atomic E-state index is 11.5. The molecule has 2 heterocycles. The van der Waals surface area contributed by atoms with Crippen LogP contribution in [0.1, 0.15) is 28.8 Å². The summed E-state index contributed by atoms with van der Waals surface area (Å²) < 4.78 is 0. The lowest BCUT2D eigenvalue weighted by atomic mass is 10.1. The second kappa shape index (κ2) is 5.01. The third kappa shape index (κ3) is 2.63. The average Bonchev–Trinajstić information content (AvgIpc) is 2.79. The van der Waals surface area contributed by atoms with E-state index >= 15 is 0 Å². The molecule has 0 fully saturated rings. The van der Waals surface area contributed by atoms with Crippen LogP contribution < -0.4 is 5.32 Å². The van der Waals surface area contributed by atoms with Gasteiger partial charge in [0, 0.05) is 16.9 Å². The minimum atomic E-state index is 0.0418. The van der Waals surface area contributed by atoms with Crippen LogP contribution in [0, 0.1) is 13.8 Å². The Morgan fingerprint density at radius 2 is 2.00 bits per heavy atom. The number of carbonyl (C=O) groups is 1. The molecule has 5 nitrogen and oxygen atoms in total. The monoisotopic (exact) mass is 280 g/mol. The van der Waals surface area contributed by atoms with Crippen molar-refractivity contribution in [3.8, 4) is 0 Å². The topological polar surface area (TPSA) is 70.7 Å². The fourth-order valence-corrected chi connectivity index (χ4v) is 2.30. The van der Waals surface area contributed by atoms with E-state index in [1.165, 1.54) is 0 Å². The summed E-state index contributed by atoms with van der Waals surface area (Å²) in [6, 6.07) is 9.40. The summed E-state index contributed by atoms with van der Waals surface area (Å²) >= 11 is 0. The van der Waals surface area contributed by atoms with Gasteiger partial charge in [-0.25, -0.2) is 9.97 Å². The molecule has 5 heteroatoms. The van der Waals surface area contributed by atoms with Gasteiger partial charge in [-0.15, -0.1) is 0 Å². The summed E-state index contributed by atoms with van der Waals surface area (Å²) in [6.45, 7) is 5.39. The van der Waals surface area contributed by atoms with Gasteiger partial charge in [0.05, 0.1) is 5.39 Å². The molecule has 0 saturated carbocycles. The summed E-state index contributed by atoms with van der Waals surface area (Å²) in [7, 11) is 0. The molecular formula is C16H16N4O. The molecule has 0 unspecified atom stereocenters. The maximum Gasteiger partial charge on any atom is 0.159 e. The fraction of sp³-hybridized carbons (Fsp3) is 0.188. The number of hydrogen-bond donors (Lipinski definition) is 2. The quantitative estimate of drug-likeness (QED) is 0.720. The number of H-pyrrole nitrogens is 1. The lowest BCUT2D eigenvalue weighted by Crippen LogP contribution is -1.99. The highest BCUT2D eigenvalue weighted by Crippen LogP contribution is 2.25. The number of anilines is 2. The second-order valence-electron chi connectivity index (χ2n) is 5.10. The molecule has 106 valence electrons. The number of aromatic amines is 1. The second-order valence-corrected chi connectivity index (χ2v) is 5.10. The normalized spacial score (nSPS) is 10.8. The molecule has 21 heavy (non-hydrogen) atoms. The van der Waals surface area contributed by atoms with Crippen molar-refractivity contribution >= 4 is 28.3 Å². The Kier molecular flexibility index (Phi) is 3.17. The number of benzene rings is 1. The number of rotatable bonds is 3. The van der Waals surface area contributed by atoms with E-state index in [9.17, 15) is 4.79 Å². The van der Waals surface area contributed by atoms with Crippen molar-refractivity contribution < 1.29 is 4.79 Å². The first kappa shape index (κ1) is 13.3. The molecule has 0 bridgehead atoms. The van der Waals surface area contributed by atoms with Crippen LogP contribution in [0.3, 0.4) is 0 Å². The van der Waals surface area contributed by atoms with Gasteiger partial charge in [-0.05, 0) is 39.0 Å². The number of nitrogens with one attached hydrogen (secondary N) is 2. The van der Waals surface area contributed by atoms with Crippen LogP contribution in [-0.4, -0.2) is 20.7 Å². The highest BCUT2D eigenvalue weighted by Gasteiger charge is 2.09. The van der Waals surface area contributed by atoms with Crippen molar-refractivity contribution in [3.05, 3.63) is 47.4 Å². The molecule has 0 aliphatic rings. The number of fused-ring (bicyclic) bond motifs is 1. The fourth-order valence-electron chi connectivity index (χ4n) is 2.30. The summed E-state index contributed by atoms with van der Waals surface area (Å²) in [5, 5.41) is 4.21. The molecule has 2 N–H and O–H groups in total. The molecule has 1 aromatic carbocycles. The van der Waals surface area contributed by atoms with Crippen LogP contribution >= 0.6 is 0 Å². The van der Waals surface area contributed by atoms with Gasteiger partial charge in [0.2, 0.25) is 0 Å². The van der Waals surface area contributed by atoms with E-state index < -0.39 is 0 Å². The molecule has 0 aliphatic carbocycles. The average molecular weight is 280 g/mol. The van der Waals surface area contributed by atoms with Gasteiger partial charge in [-0.2, -0.15) is 0 Å². The summed E-state index contributed by atoms with van der Waals surface area (Å²) in [5.74, 6) is 1.47. The Morgan fingerprint density at radius 1 is 1.19 bits per heavy atom. The van der Waals surface area contributed by atoms with Gasteiger partial charge in [0.15, 0.2) is 5.78 Å². The molecule has 0 spiro atoms. The number of aromatic nitrogens is 3. The largest absolute Gasteiger partial charge is 0.343 e. The number of Topliss-reactive ketones (excluding diaryl/α,β-unsaturated/α-hetero) is 1. The Bertz CT molecular complexity index is 835. The maximum absolute atomic E-state index is 11.5. The number of carbonyl (C=O) groups excluding carboxylic acids is 1. The predicted octanol–water partition coefficient (Wildman–Crippen LogP) is 3.52. The highest BCUT2D eigenvalue weighted by atomic mass is 16.1. The van der Waals surface area contributed by atoms with E-state index in [0.717, 1.165) is 28.2 Å². The van der Waals surface area contributed by atoms with E-state index in [4.69, 9.17) is 0 Å². The van der Waals surface area contributed by atoms with Crippen molar-refractivity contribution in [2.24, 2.45) is 0 Å². The van der Waals surface area contributed by atoms with E-state index in [1.807, 2.05) is 38.1 Å². The van der Waals surface area contributed by atoms with Crippen LogP contribution in [0.2, 0.25) is 0 Å². The van der Waals surface area contributed by atoms with Gasteiger partial charge in [0.1, 0.15) is 17.3 Å². The number of hydrogen-bond acceptors (Lipinski definition) is 4. The van der Waals surface area contributed by atoms with E-state index in [-0.39, 0.29) is 5.78 Å². The number of ketones is 1. The Morgan fingerprint density at radius 3 is 2.76 bits per heavy atom. The minimum absolute atomic E-state index is 0.0418. The van der Waals surface area contributed by atoms with Crippen LogP contribution in [0.5, 0.6) is 0 Å².